The minimum absolute atomic E-state index is 0.327. The van der Waals surface area contributed by atoms with Crippen LogP contribution in [0.5, 0.6) is 0 Å². The topological polar surface area (TPSA) is 44.8 Å². The minimum atomic E-state index is -0.767. The Hall–Kier alpha value is -2.69. The molecule has 3 rings (SSSR count). The predicted molar refractivity (Wildman–Crippen MR) is 109 cm³/mol. The summed E-state index contributed by atoms with van der Waals surface area (Å²) in [5.74, 6) is -1.19. The number of rotatable bonds is 7. The fraction of sp³-hybridized carbons (Fsp3) is 0.292. The molecule has 3 atom stereocenters. The van der Waals surface area contributed by atoms with Crippen molar-refractivity contribution >= 4 is 12.0 Å². The molecule has 146 valence electrons. The van der Waals surface area contributed by atoms with Gasteiger partial charge in [-0.3, -0.25) is 0 Å². The molecule has 4 nitrogen and oxygen atoms in total. The van der Waals surface area contributed by atoms with Gasteiger partial charge in [0.15, 0.2) is 5.79 Å². The second-order valence-electron chi connectivity index (χ2n) is 7.18. The van der Waals surface area contributed by atoms with Gasteiger partial charge in [0.05, 0.1) is 0 Å². The van der Waals surface area contributed by atoms with E-state index in [1.807, 2.05) is 74.5 Å². The first-order valence-corrected chi connectivity index (χ1v) is 9.44. The summed E-state index contributed by atoms with van der Waals surface area (Å²) < 4.78 is 18.0. The van der Waals surface area contributed by atoms with Crippen molar-refractivity contribution in [3.63, 3.8) is 0 Å². The largest absolute Gasteiger partial charge is 0.456 e. The molecule has 1 fully saturated rings. The minimum Gasteiger partial charge on any atom is -0.456 e. The molecule has 1 aliphatic heterocycles. The van der Waals surface area contributed by atoms with Crippen LogP contribution in [0.4, 0.5) is 0 Å². The molecular weight excluding hydrogens is 352 g/mol. The van der Waals surface area contributed by atoms with Crippen LogP contribution in [-0.4, -0.2) is 24.0 Å². The summed E-state index contributed by atoms with van der Waals surface area (Å²) in [6, 6.07) is 19.5. The third-order valence-electron chi connectivity index (χ3n) is 4.50. The Bertz CT molecular complexity index is 811. The van der Waals surface area contributed by atoms with Crippen molar-refractivity contribution in [3.05, 3.63) is 90.5 Å². The molecule has 2 aromatic rings. The van der Waals surface area contributed by atoms with E-state index in [2.05, 4.69) is 6.58 Å². The Kier molecular flexibility index (Phi) is 6.45. The number of esters is 1. The molecule has 28 heavy (non-hydrogen) atoms. The number of benzene rings is 2. The lowest BCUT2D eigenvalue weighted by Crippen LogP contribution is -2.35. The first kappa shape index (κ1) is 20.1. The van der Waals surface area contributed by atoms with E-state index in [1.165, 1.54) is 6.08 Å². The summed E-state index contributed by atoms with van der Waals surface area (Å²) in [5.41, 5.74) is 1.92. The lowest BCUT2D eigenvalue weighted by molar-refractivity contribution is -0.167. The van der Waals surface area contributed by atoms with Gasteiger partial charge in [0.2, 0.25) is 0 Å². The maximum absolute atomic E-state index is 12.4. The van der Waals surface area contributed by atoms with Crippen molar-refractivity contribution in [1.82, 2.24) is 0 Å². The number of carbonyl (C=O) groups is 1. The summed E-state index contributed by atoms with van der Waals surface area (Å²) in [4.78, 5) is 12.4. The highest BCUT2D eigenvalue weighted by Crippen LogP contribution is 2.41. The Morgan fingerprint density at radius 2 is 1.75 bits per heavy atom. The molecule has 1 heterocycles. The van der Waals surface area contributed by atoms with Gasteiger partial charge in [-0.2, -0.15) is 0 Å². The molecule has 0 spiro atoms. The van der Waals surface area contributed by atoms with Crippen molar-refractivity contribution in [2.45, 2.75) is 44.4 Å². The SMILES string of the molecule is C=CC[C@@H](OC(=O)/C=C/c1ccccc1)[C@@H]1OC(C)(C)O[C@@H]1c1ccccc1. The monoisotopic (exact) mass is 378 g/mol. The zero-order chi connectivity index (χ0) is 20.0. The van der Waals surface area contributed by atoms with E-state index in [0.717, 1.165) is 11.1 Å². The first-order chi connectivity index (χ1) is 13.5. The third kappa shape index (κ3) is 5.18. The average Bonchev–Trinajstić information content (AvgIpc) is 3.03. The second kappa shape index (κ2) is 9.00. The fourth-order valence-electron chi connectivity index (χ4n) is 3.29. The van der Waals surface area contributed by atoms with Gasteiger partial charge in [-0.05, 0) is 31.1 Å². The normalized spacial score (nSPS) is 22.1. The highest BCUT2D eigenvalue weighted by molar-refractivity contribution is 5.87. The van der Waals surface area contributed by atoms with Gasteiger partial charge < -0.3 is 14.2 Å². The van der Waals surface area contributed by atoms with Crippen molar-refractivity contribution in [2.75, 3.05) is 0 Å². The third-order valence-corrected chi connectivity index (χ3v) is 4.50. The van der Waals surface area contributed by atoms with Gasteiger partial charge in [0, 0.05) is 12.5 Å². The average molecular weight is 378 g/mol. The molecule has 0 aliphatic carbocycles. The molecule has 0 radical (unpaired) electrons. The van der Waals surface area contributed by atoms with Crippen LogP contribution < -0.4 is 0 Å². The van der Waals surface area contributed by atoms with Gasteiger partial charge in [0.1, 0.15) is 18.3 Å². The van der Waals surface area contributed by atoms with Crippen LogP contribution in [0.2, 0.25) is 0 Å². The number of hydrogen-bond acceptors (Lipinski definition) is 4. The standard InChI is InChI=1S/C24H26O4/c1-4-11-20(26-21(25)17-16-18-12-7-5-8-13-18)23-22(27-24(2,3)28-23)19-14-9-6-10-15-19/h4-10,12-17,20,22-23H,1,11H2,2-3H3/b17-16+/t20-,22-,23+/m1/s1. The molecule has 1 saturated heterocycles. The van der Waals surface area contributed by atoms with Crippen LogP contribution in [0, 0.1) is 0 Å². The van der Waals surface area contributed by atoms with E-state index < -0.39 is 24.0 Å². The van der Waals surface area contributed by atoms with E-state index >= 15 is 0 Å². The van der Waals surface area contributed by atoms with Gasteiger partial charge >= 0.3 is 5.97 Å². The number of ether oxygens (including phenoxy) is 3. The maximum atomic E-state index is 12.4. The second-order valence-corrected chi connectivity index (χ2v) is 7.18. The van der Waals surface area contributed by atoms with Crippen LogP contribution in [0.25, 0.3) is 6.08 Å². The lowest BCUT2D eigenvalue weighted by atomic mass is 9.98. The molecule has 2 aromatic carbocycles. The fourth-order valence-corrected chi connectivity index (χ4v) is 3.29. The molecule has 0 saturated carbocycles. The number of hydrogen-bond donors (Lipinski definition) is 0. The van der Waals surface area contributed by atoms with Crippen LogP contribution in [0.1, 0.15) is 37.5 Å². The van der Waals surface area contributed by atoms with E-state index in [4.69, 9.17) is 14.2 Å². The Labute approximate surface area is 166 Å². The van der Waals surface area contributed by atoms with Crippen LogP contribution in [0.15, 0.2) is 79.4 Å². The molecule has 1 aliphatic rings. The lowest BCUT2D eigenvalue weighted by Gasteiger charge is -2.25. The molecular formula is C24H26O4. The van der Waals surface area contributed by atoms with E-state index in [1.54, 1.807) is 12.2 Å². The Morgan fingerprint density at radius 1 is 1.11 bits per heavy atom. The number of carbonyl (C=O) groups excluding carboxylic acids is 1. The Balaban J connectivity index is 1.76. The molecule has 4 heteroatoms. The Morgan fingerprint density at radius 3 is 2.39 bits per heavy atom. The van der Waals surface area contributed by atoms with Gasteiger partial charge in [0.25, 0.3) is 0 Å². The molecule has 0 aromatic heterocycles. The van der Waals surface area contributed by atoms with Crippen LogP contribution in [-0.2, 0) is 19.0 Å². The highest BCUT2D eigenvalue weighted by atomic mass is 16.8. The zero-order valence-electron chi connectivity index (χ0n) is 16.3. The van der Waals surface area contributed by atoms with Crippen molar-refractivity contribution in [3.8, 4) is 0 Å². The summed E-state index contributed by atoms with van der Waals surface area (Å²) in [6.45, 7) is 7.53. The summed E-state index contributed by atoms with van der Waals surface area (Å²) in [7, 11) is 0. The first-order valence-electron chi connectivity index (χ1n) is 9.44. The van der Waals surface area contributed by atoms with E-state index in [9.17, 15) is 4.79 Å². The van der Waals surface area contributed by atoms with E-state index in [0.29, 0.717) is 6.42 Å². The van der Waals surface area contributed by atoms with Gasteiger partial charge in [-0.15, -0.1) is 6.58 Å². The van der Waals surface area contributed by atoms with Crippen molar-refractivity contribution in [2.24, 2.45) is 0 Å². The van der Waals surface area contributed by atoms with Crippen molar-refractivity contribution in [1.29, 1.82) is 0 Å². The van der Waals surface area contributed by atoms with Crippen molar-refractivity contribution < 1.29 is 19.0 Å². The highest BCUT2D eigenvalue weighted by Gasteiger charge is 2.46. The summed E-state index contributed by atoms with van der Waals surface area (Å²) >= 11 is 0. The smallest absolute Gasteiger partial charge is 0.331 e. The molecule has 0 bridgehead atoms. The van der Waals surface area contributed by atoms with E-state index in [-0.39, 0.29) is 6.10 Å². The molecule has 0 unspecified atom stereocenters. The van der Waals surface area contributed by atoms with Gasteiger partial charge in [-0.1, -0.05) is 66.7 Å². The van der Waals surface area contributed by atoms with Gasteiger partial charge in [-0.25, -0.2) is 4.79 Å². The summed E-state index contributed by atoms with van der Waals surface area (Å²) in [6.07, 6.45) is 4.12. The zero-order valence-corrected chi connectivity index (χ0v) is 16.3. The quantitative estimate of drug-likeness (QED) is 0.383. The summed E-state index contributed by atoms with van der Waals surface area (Å²) in [5, 5.41) is 0. The van der Waals surface area contributed by atoms with Crippen LogP contribution in [0.3, 0.4) is 0 Å². The molecule has 0 amide bonds. The van der Waals surface area contributed by atoms with Crippen LogP contribution >= 0.6 is 0 Å². The maximum Gasteiger partial charge on any atom is 0.331 e. The predicted octanol–water partition coefficient (Wildman–Crippen LogP) is 5.08. The molecule has 0 N–H and O–H groups in total.